The van der Waals surface area contributed by atoms with Crippen molar-refractivity contribution < 1.29 is 9.59 Å². The Kier molecular flexibility index (Phi) is 4.72. The Morgan fingerprint density at radius 3 is 3.00 bits per heavy atom. The van der Waals surface area contributed by atoms with Gasteiger partial charge in [0.1, 0.15) is 6.04 Å². The van der Waals surface area contributed by atoms with Gasteiger partial charge < -0.3 is 15.5 Å². The molecule has 130 valence electrons. The van der Waals surface area contributed by atoms with Crippen molar-refractivity contribution in [3.05, 3.63) is 28.8 Å². The Bertz CT molecular complexity index is 660. The molecule has 1 fully saturated rings. The Balaban J connectivity index is 1.70. The molecule has 2 N–H and O–H groups in total. The lowest BCUT2D eigenvalue weighted by Crippen LogP contribution is -2.48. The van der Waals surface area contributed by atoms with Gasteiger partial charge in [0, 0.05) is 34.8 Å². The van der Waals surface area contributed by atoms with E-state index < -0.39 is 6.04 Å². The largest absolute Gasteiger partial charge is 0.361 e. The third-order valence-corrected chi connectivity index (χ3v) is 5.12. The van der Waals surface area contributed by atoms with Gasteiger partial charge in [-0.3, -0.25) is 9.59 Å². The van der Waals surface area contributed by atoms with Crippen LogP contribution in [0, 0.1) is 0 Å². The fourth-order valence-electron chi connectivity index (χ4n) is 3.72. The molecular weight excluding hydrogens is 326 g/mol. The zero-order valence-electron chi connectivity index (χ0n) is 14.2. The quantitative estimate of drug-likeness (QED) is 0.879. The summed E-state index contributed by atoms with van der Waals surface area (Å²) < 4.78 is 0. The maximum atomic E-state index is 12.5. The number of hydrogen-bond acceptors (Lipinski definition) is 3. The monoisotopic (exact) mass is 349 g/mol. The molecule has 0 spiro atoms. The molecule has 1 aromatic carbocycles. The van der Waals surface area contributed by atoms with Crippen molar-refractivity contribution in [1.29, 1.82) is 0 Å². The Labute approximate surface area is 147 Å². The van der Waals surface area contributed by atoms with Crippen LogP contribution in [0.5, 0.6) is 0 Å². The molecule has 6 heteroatoms. The minimum absolute atomic E-state index is 0.0777. The highest BCUT2D eigenvalue weighted by Crippen LogP contribution is 2.44. The number of fused-ring (bicyclic) bond motifs is 1. The number of halogens is 1. The van der Waals surface area contributed by atoms with Crippen molar-refractivity contribution in [3.8, 4) is 0 Å². The number of carbonyl (C=O) groups excluding carboxylic acids is 2. The molecule has 0 unspecified atom stereocenters. The Morgan fingerprint density at radius 2 is 2.21 bits per heavy atom. The highest BCUT2D eigenvalue weighted by Gasteiger charge is 2.37. The van der Waals surface area contributed by atoms with Crippen molar-refractivity contribution in [2.75, 3.05) is 24.5 Å². The highest BCUT2D eigenvalue weighted by molar-refractivity contribution is 6.32. The molecule has 2 aliphatic rings. The molecule has 1 saturated heterocycles. The van der Waals surface area contributed by atoms with Gasteiger partial charge in [-0.15, -0.1) is 0 Å². The molecule has 0 aromatic heterocycles. The Morgan fingerprint density at radius 1 is 1.42 bits per heavy atom. The Hall–Kier alpha value is -1.75. The maximum Gasteiger partial charge on any atom is 0.242 e. The number of anilines is 1. The molecule has 2 heterocycles. The number of nitrogens with one attached hydrogen (secondary N) is 2. The van der Waals surface area contributed by atoms with E-state index in [4.69, 9.17) is 11.6 Å². The van der Waals surface area contributed by atoms with Gasteiger partial charge in [0.25, 0.3) is 0 Å². The van der Waals surface area contributed by atoms with E-state index in [2.05, 4.69) is 24.5 Å². The first kappa shape index (κ1) is 17.1. The van der Waals surface area contributed by atoms with Gasteiger partial charge in [0.2, 0.25) is 11.8 Å². The lowest BCUT2D eigenvalue weighted by molar-refractivity contribution is -0.128. The predicted molar refractivity (Wildman–Crippen MR) is 95.5 cm³/mol. The molecule has 2 amide bonds. The van der Waals surface area contributed by atoms with Crippen molar-refractivity contribution >= 4 is 29.1 Å². The second-order valence-electron chi connectivity index (χ2n) is 7.28. The van der Waals surface area contributed by atoms with E-state index in [0.717, 1.165) is 35.7 Å². The second-order valence-corrected chi connectivity index (χ2v) is 7.69. The van der Waals surface area contributed by atoms with E-state index in [9.17, 15) is 9.59 Å². The number of rotatable bonds is 3. The van der Waals surface area contributed by atoms with Crippen molar-refractivity contribution in [2.45, 2.75) is 44.6 Å². The van der Waals surface area contributed by atoms with E-state index in [1.165, 1.54) is 0 Å². The van der Waals surface area contributed by atoms with Crippen LogP contribution in [0.1, 0.15) is 38.7 Å². The number of hydrogen-bond donors (Lipinski definition) is 2. The van der Waals surface area contributed by atoms with Crippen molar-refractivity contribution in [1.82, 2.24) is 10.6 Å². The first-order valence-electron chi connectivity index (χ1n) is 8.49. The summed E-state index contributed by atoms with van der Waals surface area (Å²) in [5.74, 6) is -0.202. The van der Waals surface area contributed by atoms with E-state index in [0.29, 0.717) is 13.0 Å². The summed E-state index contributed by atoms with van der Waals surface area (Å²) in [6.07, 6.45) is 2.61. The fraction of sp³-hybridized carbons (Fsp3) is 0.556. The first-order valence-corrected chi connectivity index (χ1v) is 8.87. The van der Waals surface area contributed by atoms with Crippen LogP contribution in [0.3, 0.4) is 0 Å². The summed E-state index contributed by atoms with van der Waals surface area (Å²) in [7, 11) is 0. The molecule has 3 rings (SSSR count). The molecule has 5 nitrogen and oxygen atoms in total. The van der Waals surface area contributed by atoms with Gasteiger partial charge in [0.05, 0.1) is 6.54 Å². The lowest BCUT2D eigenvalue weighted by Gasteiger charge is -2.23. The molecule has 0 aliphatic carbocycles. The average Bonchev–Trinajstić information content (AvgIpc) is 2.64. The van der Waals surface area contributed by atoms with Crippen LogP contribution in [-0.2, 0) is 15.0 Å². The lowest BCUT2D eigenvalue weighted by atomic mass is 9.87. The molecule has 0 bridgehead atoms. The van der Waals surface area contributed by atoms with Gasteiger partial charge in [-0.1, -0.05) is 31.5 Å². The summed E-state index contributed by atoms with van der Waals surface area (Å²) in [6.45, 7) is 5.93. The molecule has 0 saturated carbocycles. The van der Waals surface area contributed by atoms with Crippen LogP contribution in [0.15, 0.2) is 18.2 Å². The number of benzene rings is 1. The smallest absolute Gasteiger partial charge is 0.242 e. The minimum atomic E-state index is -0.422. The number of carbonyl (C=O) groups is 2. The van der Waals surface area contributed by atoms with Crippen LogP contribution in [-0.4, -0.2) is 37.5 Å². The standard InChI is InChI=1S/C18H24ClN3O2/c1-18(2)11-22(14-8-5-6-12(19)16(14)18)10-15(23)21-13-7-3-4-9-20-17(13)24/h5-6,8,13H,3-4,7,9-11H2,1-2H3,(H,20,24)(H,21,23)/t13-/m1/s1. The van der Waals surface area contributed by atoms with Crippen LogP contribution < -0.4 is 15.5 Å². The van der Waals surface area contributed by atoms with Crippen LogP contribution in [0.25, 0.3) is 0 Å². The molecular formula is C18H24ClN3O2. The summed E-state index contributed by atoms with van der Waals surface area (Å²) >= 11 is 6.37. The zero-order valence-corrected chi connectivity index (χ0v) is 14.9. The molecule has 2 aliphatic heterocycles. The van der Waals surface area contributed by atoms with Gasteiger partial charge in [-0.25, -0.2) is 0 Å². The molecule has 1 atom stereocenters. The minimum Gasteiger partial charge on any atom is -0.361 e. The van der Waals surface area contributed by atoms with Crippen molar-refractivity contribution in [3.63, 3.8) is 0 Å². The summed E-state index contributed by atoms with van der Waals surface area (Å²) in [5, 5.41) is 6.47. The van der Waals surface area contributed by atoms with Crippen LogP contribution in [0.4, 0.5) is 5.69 Å². The highest BCUT2D eigenvalue weighted by atomic mass is 35.5. The van der Waals surface area contributed by atoms with Gasteiger partial charge in [-0.2, -0.15) is 0 Å². The predicted octanol–water partition coefficient (Wildman–Crippen LogP) is 2.22. The van der Waals surface area contributed by atoms with E-state index in [-0.39, 0.29) is 23.8 Å². The third-order valence-electron chi connectivity index (χ3n) is 4.80. The topological polar surface area (TPSA) is 61.4 Å². The zero-order chi connectivity index (χ0) is 17.3. The van der Waals surface area contributed by atoms with E-state index in [1.807, 2.05) is 23.1 Å². The average molecular weight is 350 g/mol. The maximum absolute atomic E-state index is 12.5. The summed E-state index contributed by atoms with van der Waals surface area (Å²) in [6, 6.07) is 5.38. The first-order chi connectivity index (χ1) is 11.4. The normalized spacial score (nSPS) is 22.5. The van der Waals surface area contributed by atoms with Gasteiger partial charge in [-0.05, 0) is 31.4 Å². The molecule has 24 heavy (non-hydrogen) atoms. The van der Waals surface area contributed by atoms with E-state index >= 15 is 0 Å². The van der Waals surface area contributed by atoms with Gasteiger partial charge >= 0.3 is 0 Å². The fourth-order valence-corrected chi connectivity index (χ4v) is 4.14. The third kappa shape index (κ3) is 3.36. The van der Waals surface area contributed by atoms with Crippen LogP contribution >= 0.6 is 11.6 Å². The number of amides is 2. The molecule has 0 radical (unpaired) electrons. The summed E-state index contributed by atoms with van der Waals surface area (Å²) in [5.41, 5.74) is 1.99. The van der Waals surface area contributed by atoms with Gasteiger partial charge in [0.15, 0.2) is 0 Å². The second kappa shape index (κ2) is 6.63. The number of nitrogens with zero attached hydrogens (tertiary/aromatic N) is 1. The van der Waals surface area contributed by atoms with E-state index in [1.54, 1.807) is 0 Å². The summed E-state index contributed by atoms with van der Waals surface area (Å²) in [4.78, 5) is 26.5. The SMILES string of the molecule is CC1(C)CN(CC(=O)N[C@@H]2CCCCNC2=O)c2cccc(Cl)c21. The van der Waals surface area contributed by atoms with Crippen LogP contribution in [0.2, 0.25) is 5.02 Å². The van der Waals surface area contributed by atoms with Crippen molar-refractivity contribution in [2.24, 2.45) is 0 Å². The molecule has 1 aromatic rings.